The van der Waals surface area contributed by atoms with Crippen molar-refractivity contribution in [2.24, 2.45) is 0 Å². The van der Waals surface area contributed by atoms with Gasteiger partial charge in [0.25, 0.3) is 5.76 Å². The summed E-state index contributed by atoms with van der Waals surface area (Å²) in [5.41, 5.74) is -0.0925. The Morgan fingerprint density at radius 2 is 2.35 bits per heavy atom. The topological polar surface area (TPSA) is 65.5 Å². The van der Waals surface area contributed by atoms with E-state index in [1.807, 2.05) is 0 Å². The summed E-state index contributed by atoms with van der Waals surface area (Å²) in [5.74, 6) is -4.19. The number of halogens is 2. The van der Waals surface area contributed by atoms with Gasteiger partial charge in [0.1, 0.15) is 11.1 Å². The Labute approximate surface area is 117 Å². The van der Waals surface area contributed by atoms with Crippen LogP contribution in [0.25, 0.3) is 0 Å². The molecule has 0 amide bonds. The summed E-state index contributed by atoms with van der Waals surface area (Å²) in [7, 11) is 0. The number of carbonyl (C=O) groups excluding carboxylic acids is 2. The lowest BCUT2D eigenvalue weighted by Crippen LogP contribution is -2.23. The van der Waals surface area contributed by atoms with Gasteiger partial charge in [-0.3, -0.25) is 0 Å². The van der Waals surface area contributed by atoms with Crippen LogP contribution in [0.3, 0.4) is 0 Å². The van der Waals surface area contributed by atoms with Crippen molar-refractivity contribution in [3.8, 4) is 0 Å². The lowest BCUT2D eigenvalue weighted by Gasteiger charge is -2.10. The molecule has 1 fully saturated rings. The summed E-state index contributed by atoms with van der Waals surface area (Å²) < 4.78 is 34.6. The van der Waals surface area contributed by atoms with Gasteiger partial charge in [-0.2, -0.15) is 8.78 Å². The van der Waals surface area contributed by atoms with Gasteiger partial charge < -0.3 is 9.47 Å². The van der Waals surface area contributed by atoms with Crippen molar-refractivity contribution in [2.45, 2.75) is 36.3 Å². The highest BCUT2D eigenvalue weighted by molar-refractivity contribution is 7.99. The van der Waals surface area contributed by atoms with Gasteiger partial charge in [0, 0.05) is 12.6 Å². The second kappa shape index (κ2) is 6.17. The van der Waals surface area contributed by atoms with E-state index in [4.69, 9.17) is 9.47 Å². The fourth-order valence-corrected chi connectivity index (χ4v) is 2.30. The van der Waals surface area contributed by atoms with Crippen LogP contribution in [0.4, 0.5) is 8.78 Å². The number of nitrogens with zero attached hydrogens (tertiary/aromatic N) is 1. The van der Waals surface area contributed by atoms with E-state index in [-0.39, 0.29) is 34.9 Å². The predicted molar refractivity (Wildman–Crippen MR) is 65.5 cm³/mol. The molecule has 0 saturated carbocycles. The minimum absolute atomic E-state index is 0.0925. The molecule has 108 valence electrons. The fraction of sp³-hybridized carbons (Fsp3) is 0.417. The van der Waals surface area contributed by atoms with Crippen molar-refractivity contribution in [3.63, 3.8) is 0 Å². The van der Waals surface area contributed by atoms with Gasteiger partial charge in [-0.1, -0.05) is 0 Å². The van der Waals surface area contributed by atoms with Crippen molar-refractivity contribution < 1.29 is 27.8 Å². The molecule has 20 heavy (non-hydrogen) atoms. The van der Waals surface area contributed by atoms with Gasteiger partial charge in [0.05, 0.1) is 5.56 Å². The van der Waals surface area contributed by atoms with Crippen LogP contribution in [0.5, 0.6) is 0 Å². The predicted octanol–water partition coefficient (Wildman–Crippen LogP) is 2.26. The molecule has 2 atom stereocenters. The Bertz CT molecular complexity index is 526. The van der Waals surface area contributed by atoms with E-state index in [1.165, 1.54) is 18.3 Å². The number of rotatable bonds is 4. The van der Waals surface area contributed by atoms with Gasteiger partial charge in [-0.25, -0.2) is 14.6 Å². The third-order valence-corrected chi connectivity index (χ3v) is 3.29. The molecule has 1 aromatic rings. The Morgan fingerprint density at radius 1 is 1.60 bits per heavy atom. The van der Waals surface area contributed by atoms with E-state index in [1.54, 1.807) is 6.92 Å². The lowest BCUT2D eigenvalue weighted by molar-refractivity contribution is -0.147. The van der Waals surface area contributed by atoms with E-state index in [0.29, 0.717) is 0 Å². The van der Waals surface area contributed by atoms with E-state index in [9.17, 15) is 18.4 Å². The number of carbonyl (C=O) groups is 2. The zero-order valence-corrected chi connectivity index (χ0v) is 11.2. The molecular weight excluding hydrogens is 292 g/mol. The summed E-state index contributed by atoms with van der Waals surface area (Å²) in [6.45, 7) is 1.67. The van der Waals surface area contributed by atoms with Crippen LogP contribution in [0.15, 0.2) is 23.4 Å². The second-order valence-corrected chi connectivity index (χ2v) is 5.09. The molecular formula is C12H11F2NO4S. The molecule has 0 aromatic carbocycles. The number of ether oxygens (including phenoxy) is 2. The van der Waals surface area contributed by atoms with Crippen molar-refractivity contribution >= 4 is 23.7 Å². The van der Waals surface area contributed by atoms with Crippen molar-refractivity contribution in [1.29, 1.82) is 0 Å². The maximum absolute atomic E-state index is 12.4. The SMILES string of the molecule is CC1CC(OC(=O)c2cccnc2SC(F)F)C(=O)O1. The van der Waals surface area contributed by atoms with Crippen molar-refractivity contribution in [2.75, 3.05) is 0 Å². The van der Waals surface area contributed by atoms with Crippen molar-refractivity contribution in [3.05, 3.63) is 23.9 Å². The Balaban J connectivity index is 2.11. The number of esters is 2. The molecule has 1 aromatic heterocycles. The first kappa shape index (κ1) is 14.7. The molecule has 5 nitrogen and oxygen atoms in total. The highest BCUT2D eigenvalue weighted by Crippen LogP contribution is 2.27. The van der Waals surface area contributed by atoms with Gasteiger partial charge in [-0.15, -0.1) is 0 Å². The minimum atomic E-state index is -2.70. The number of cyclic esters (lactones) is 1. The van der Waals surface area contributed by atoms with Crippen LogP contribution in [0.1, 0.15) is 23.7 Å². The molecule has 0 aliphatic carbocycles. The number of pyridine rings is 1. The molecule has 0 spiro atoms. The molecule has 0 bridgehead atoms. The molecule has 1 aliphatic rings. The monoisotopic (exact) mass is 303 g/mol. The molecule has 8 heteroatoms. The standard InChI is InChI=1S/C12H11F2NO4S/c1-6-5-8(11(17)18-6)19-10(16)7-3-2-4-15-9(7)20-12(13)14/h2-4,6,8,12H,5H2,1H3. The summed E-state index contributed by atoms with van der Waals surface area (Å²) in [5, 5.41) is -0.132. The number of thioether (sulfide) groups is 1. The zero-order chi connectivity index (χ0) is 14.7. The lowest BCUT2D eigenvalue weighted by atomic mass is 10.2. The van der Waals surface area contributed by atoms with Crippen LogP contribution in [-0.2, 0) is 14.3 Å². The first-order valence-electron chi connectivity index (χ1n) is 5.78. The first-order chi connectivity index (χ1) is 9.47. The third-order valence-electron chi connectivity index (χ3n) is 2.57. The maximum Gasteiger partial charge on any atom is 0.347 e. The molecule has 2 unspecified atom stereocenters. The Kier molecular flexibility index (Phi) is 4.53. The van der Waals surface area contributed by atoms with Gasteiger partial charge in [0.2, 0.25) is 6.10 Å². The highest BCUT2D eigenvalue weighted by Gasteiger charge is 2.35. The molecule has 2 heterocycles. The average molecular weight is 303 g/mol. The van der Waals surface area contributed by atoms with Crippen LogP contribution < -0.4 is 0 Å². The number of alkyl halides is 2. The summed E-state index contributed by atoms with van der Waals surface area (Å²) in [6.07, 6.45) is 0.224. The molecule has 2 rings (SSSR count). The van der Waals surface area contributed by atoms with Crippen LogP contribution in [-0.4, -0.2) is 34.9 Å². The van der Waals surface area contributed by atoms with Gasteiger partial charge in [0.15, 0.2) is 0 Å². The summed E-state index contributed by atoms with van der Waals surface area (Å²) in [4.78, 5) is 27.0. The van der Waals surface area contributed by atoms with Crippen LogP contribution in [0.2, 0.25) is 0 Å². The highest BCUT2D eigenvalue weighted by atomic mass is 32.2. The maximum atomic E-state index is 12.4. The normalized spacial score (nSPS) is 21.9. The largest absolute Gasteiger partial charge is 0.460 e. The second-order valence-electron chi connectivity index (χ2n) is 4.11. The molecule has 0 radical (unpaired) electrons. The van der Waals surface area contributed by atoms with Gasteiger partial charge >= 0.3 is 11.9 Å². The first-order valence-corrected chi connectivity index (χ1v) is 6.66. The number of hydrogen-bond acceptors (Lipinski definition) is 6. The summed E-state index contributed by atoms with van der Waals surface area (Å²) >= 11 is 0.151. The Hall–Kier alpha value is -1.70. The van der Waals surface area contributed by atoms with E-state index in [0.717, 1.165) is 0 Å². The summed E-state index contributed by atoms with van der Waals surface area (Å²) in [6, 6.07) is 2.76. The molecule has 1 saturated heterocycles. The number of hydrogen-bond donors (Lipinski definition) is 0. The zero-order valence-electron chi connectivity index (χ0n) is 10.4. The fourth-order valence-electron chi connectivity index (χ4n) is 1.73. The molecule has 0 N–H and O–H groups in total. The quantitative estimate of drug-likeness (QED) is 0.628. The third kappa shape index (κ3) is 3.44. The van der Waals surface area contributed by atoms with Crippen LogP contribution in [0, 0.1) is 0 Å². The minimum Gasteiger partial charge on any atom is -0.460 e. The van der Waals surface area contributed by atoms with E-state index >= 15 is 0 Å². The van der Waals surface area contributed by atoms with Crippen LogP contribution >= 0.6 is 11.8 Å². The smallest absolute Gasteiger partial charge is 0.347 e. The Morgan fingerprint density at radius 3 is 2.95 bits per heavy atom. The average Bonchev–Trinajstić information content (AvgIpc) is 2.67. The van der Waals surface area contributed by atoms with E-state index < -0.39 is 23.8 Å². The van der Waals surface area contributed by atoms with E-state index in [2.05, 4.69) is 4.98 Å². The van der Waals surface area contributed by atoms with Crippen molar-refractivity contribution in [1.82, 2.24) is 4.98 Å². The van der Waals surface area contributed by atoms with Gasteiger partial charge in [-0.05, 0) is 30.8 Å². The molecule has 1 aliphatic heterocycles. The number of aromatic nitrogens is 1.